The fourth-order valence-corrected chi connectivity index (χ4v) is 1.19. The van der Waals surface area contributed by atoms with Gasteiger partial charge in [-0.25, -0.2) is 0 Å². The molecule has 2 rings (SSSR count). The number of nitrogens with zero attached hydrogens (tertiary/aromatic N) is 2. The summed E-state index contributed by atoms with van der Waals surface area (Å²) < 4.78 is 1.58. The number of aryl methyl sites for hydroxylation is 1. The lowest BCUT2D eigenvalue weighted by Crippen LogP contribution is -2.01. The Labute approximate surface area is 80.2 Å². The van der Waals surface area contributed by atoms with Crippen molar-refractivity contribution < 1.29 is 0 Å². The summed E-state index contributed by atoms with van der Waals surface area (Å²) in [5, 5.41) is 4.18. The SMILES string of the molecule is Cn1nc(-c2ccc(=O)[nH]c2)cc1N. The van der Waals surface area contributed by atoms with Crippen molar-refractivity contribution in [3.63, 3.8) is 0 Å². The van der Waals surface area contributed by atoms with Crippen molar-refractivity contribution >= 4 is 5.82 Å². The molecule has 2 aromatic heterocycles. The number of rotatable bonds is 1. The summed E-state index contributed by atoms with van der Waals surface area (Å²) in [7, 11) is 1.77. The van der Waals surface area contributed by atoms with E-state index >= 15 is 0 Å². The molecule has 0 fully saturated rings. The van der Waals surface area contributed by atoms with E-state index in [1.165, 1.54) is 6.07 Å². The largest absolute Gasteiger partial charge is 0.384 e. The molecule has 72 valence electrons. The summed E-state index contributed by atoms with van der Waals surface area (Å²) in [6.07, 6.45) is 1.62. The normalized spacial score (nSPS) is 10.4. The van der Waals surface area contributed by atoms with Crippen molar-refractivity contribution in [2.24, 2.45) is 7.05 Å². The number of anilines is 1. The van der Waals surface area contributed by atoms with Gasteiger partial charge in [-0.2, -0.15) is 5.10 Å². The fraction of sp³-hybridized carbons (Fsp3) is 0.111. The molecular formula is C9H10N4O. The van der Waals surface area contributed by atoms with Crippen LogP contribution in [0.1, 0.15) is 0 Å². The zero-order valence-electron chi connectivity index (χ0n) is 7.69. The van der Waals surface area contributed by atoms with Gasteiger partial charge in [-0.15, -0.1) is 0 Å². The third-order valence-corrected chi connectivity index (χ3v) is 2.00. The van der Waals surface area contributed by atoms with Crippen LogP contribution in [-0.4, -0.2) is 14.8 Å². The predicted molar refractivity (Wildman–Crippen MR) is 53.7 cm³/mol. The van der Waals surface area contributed by atoms with Crippen LogP contribution in [0.25, 0.3) is 11.3 Å². The molecule has 3 N–H and O–H groups in total. The number of nitrogens with two attached hydrogens (primary N) is 1. The highest BCUT2D eigenvalue weighted by Gasteiger charge is 2.03. The van der Waals surface area contributed by atoms with Crippen LogP contribution in [0, 0.1) is 0 Å². The molecule has 0 aliphatic carbocycles. The summed E-state index contributed by atoms with van der Waals surface area (Å²) >= 11 is 0. The van der Waals surface area contributed by atoms with E-state index in [1.807, 2.05) is 0 Å². The van der Waals surface area contributed by atoms with Crippen molar-refractivity contribution in [2.45, 2.75) is 0 Å². The molecule has 0 aromatic carbocycles. The number of hydrogen-bond donors (Lipinski definition) is 2. The van der Waals surface area contributed by atoms with Crippen molar-refractivity contribution in [1.29, 1.82) is 0 Å². The van der Waals surface area contributed by atoms with Crippen molar-refractivity contribution in [2.75, 3.05) is 5.73 Å². The summed E-state index contributed by atoms with van der Waals surface area (Å²) in [5.41, 5.74) is 7.10. The topological polar surface area (TPSA) is 76.7 Å². The van der Waals surface area contributed by atoms with Gasteiger partial charge in [0.25, 0.3) is 0 Å². The first-order valence-electron chi connectivity index (χ1n) is 4.15. The molecule has 0 atom stereocenters. The van der Waals surface area contributed by atoms with Crippen LogP contribution in [0.5, 0.6) is 0 Å². The van der Waals surface area contributed by atoms with E-state index in [2.05, 4.69) is 10.1 Å². The molecule has 0 aliphatic rings. The zero-order chi connectivity index (χ0) is 10.1. The van der Waals surface area contributed by atoms with Gasteiger partial charge in [0.1, 0.15) is 5.82 Å². The van der Waals surface area contributed by atoms with Gasteiger partial charge in [0.15, 0.2) is 0 Å². The number of nitrogens with one attached hydrogen (secondary N) is 1. The van der Waals surface area contributed by atoms with Crippen LogP contribution >= 0.6 is 0 Å². The minimum Gasteiger partial charge on any atom is -0.384 e. The Morgan fingerprint density at radius 1 is 1.50 bits per heavy atom. The first-order valence-corrected chi connectivity index (χ1v) is 4.15. The van der Waals surface area contributed by atoms with E-state index in [0.717, 1.165) is 11.3 Å². The first-order chi connectivity index (χ1) is 6.66. The molecule has 0 saturated heterocycles. The zero-order valence-corrected chi connectivity index (χ0v) is 7.69. The molecule has 2 heterocycles. The van der Waals surface area contributed by atoms with Crippen LogP contribution in [0.3, 0.4) is 0 Å². The van der Waals surface area contributed by atoms with Crippen LogP contribution in [0.4, 0.5) is 5.82 Å². The maximum Gasteiger partial charge on any atom is 0.247 e. The Bertz CT molecular complexity index is 472. The van der Waals surface area contributed by atoms with Crippen LogP contribution in [0.15, 0.2) is 29.2 Å². The van der Waals surface area contributed by atoms with Crippen LogP contribution < -0.4 is 11.3 Å². The molecule has 0 bridgehead atoms. The molecule has 14 heavy (non-hydrogen) atoms. The molecular weight excluding hydrogens is 180 g/mol. The standard InChI is InChI=1S/C9H10N4O/c1-13-8(10)4-7(12-13)6-2-3-9(14)11-5-6/h2-5H,10H2,1H3,(H,11,14). The van der Waals surface area contributed by atoms with E-state index in [4.69, 9.17) is 5.73 Å². The van der Waals surface area contributed by atoms with E-state index in [-0.39, 0.29) is 5.56 Å². The average molecular weight is 190 g/mol. The molecule has 0 spiro atoms. The summed E-state index contributed by atoms with van der Waals surface area (Å²) in [5.74, 6) is 0.589. The van der Waals surface area contributed by atoms with Gasteiger partial charge in [-0.05, 0) is 6.07 Å². The number of H-pyrrole nitrogens is 1. The lowest BCUT2D eigenvalue weighted by molar-refractivity contribution is 0.782. The van der Waals surface area contributed by atoms with E-state index in [0.29, 0.717) is 5.82 Å². The molecule has 5 heteroatoms. The highest BCUT2D eigenvalue weighted by Crippen LogP contribution is 2.17. The number of aromatic nitrogens is 3. The maximum absolute atomic E-state index is 10.8. The van der Waals surface area contributed by atoms with Gasteiger partial charge in [0.2, 0.25) is 5.56 Å². The van der Waals surface area contributed by atoms with Gasteiger partial charge in [-0.3, -0.25) is 9.48 Å². The Kier molecular flexibility index (Phi) is 1.85. The Morgan fingerprint density at radius 3 is 2.79 bits per heavy atom. The highest BCUT2D eigenvalue weighted by atomic mass is 16.1. The van der Waals surface area contributed by atoms with Crippen molar-refractivity contribution in [3.8, 4) is 11.3 Å². The number of pyridine rings is 1. The molecule has 0 radical (unpaired) electrons. The quantitative estimate of drug-likeness (QED) is 0.681. The van der Waals surface area contributed by atoms with Gasteiger partial charge in [0.05, 0.1) is 5.69 Å². The summed E-state index contributed by atoms with van der Waals surface area (Å²) in [6, 6.07) is 4.93. The summed E-state index contributed by atoms with van der Waals surface area (Å²) in [4.78, 5) is 13.4. The highest BCUT2D eigenvalue weighted by molar-refractivity contribution is 5.60. The number of aromatic amines is 1. The second-order valence-corrected chi connectivity index (χ2v) is 3.02. The predicted octanol–water partition coefficient (Wildman–Crippen LogP) is 0.358. The third-order valence-electron chi connectivity index (χ3n) is 2.00. The van der Waals surface area contributed by atoms with Gasteiger partial charge < -0.3 is 10.7 Å². The molecule has 0 amide bonds. The van der Waals surface area contributed by atoms with E-state index < -0.39 is 0 Å². The average Bonchev–Trinajstić information content (AvgIpc) is 2.48. The Hall–Kier alpha value is -2.04. The van der Waals surface area contributed by atoms with Crippen LogP contribution in [0.2, 0.25) is 0 Å². The summed E-state index contributed by atoms with van der Waals surface area (Å²) in [6.45, 7) is 0. The Balaban J connectivity index is 2.49. The van der Waals surface area contributed by atoms with Crippen LogP contribution in [-0.2, 0) is 7.05 Å². The van der Waals surface area contributed by atoms with Gasteiger partial charge >= 0.3 is 0 Å². The monoisotopic (exact) mass is 190 g/mol. The molecule has 5 nitrogen and oxygen atoms in total. The second kappa shape index (κ2) is 3.02. The number of hydrogen-bond acceptors (Lipinski definition) is 3. The second-order valence-electron chi connectivity index (χ2n) is 3.02. The van der Waals surface area contributed by atoms with Gasteiger partial charge in [0, 0.05) is 30.9 Å². The maximum atomic E-state index is 10.8. The molecule has 2 aromatic rings. The lowest BCUT2D eigenvalue weighted by atomic mass is 10.2. The van der Waals surface area contributed by atoms with Crippen molar-refractivity contribution in [3.05, 3.63) is 34.7 Å². The number of nitrogen functional groups attached to an aromatic ring is 1. The minimum atomic E-state index is -0.127. The van der Waals surface area contributed by atoms with Gasteiger partial charge in [-0.1, -0.05) is 0 Å². The van der Waals surface area contributed by atoms with Crippen molar-refractivity contribution in [1.82, 2.24) is 14.8 Å². The fourth-order valence-electron chi connectivity index (χ4n) is 1.19. The van der Waals surface area contributed by atoms with E-state index in [1.54, 1.807) is 30.1 Å². The smallest absolute Gasteiger partial charge is 0.247 e. The molecule has 0 unspecified atom stereocenters. The first kappa shape index (κ1) is 8.55. The Morgan fingerprint density at radius 2 is 2.29 bits per heavy atom. The lowest BCUT2D eigenvalue weighted by Gasteiger charge is -1.93. The van der Waals surface area contributed by atoms with E-state index in [9.17, 15) is 4.79 Å². The minimum absolute atomic E-state index is 0.127. The third kappa shape index (κ3) is 1.39. The molecule has 0 saturated carbocycles. The molecule has 0 aliphatic heterocycles.